The molecule has 0 bridgehead atoms. The molecule has 1 amide bonds. The summed E-state index contributed by atoms with van der Waals surface area (Å²) in [4.78, 5) is 21.6. The van der Waals surface area contributed by atoms with Crippen molar-refractivity contribution in [3.05, 3.63) is 35.5 Å². The van der Waals surface area contributed by atoms with Gasteiger partial charge in [0.25, 0.3) is 0 Å². The van der Waals surface area contributed by atoms with Gasteiger partial charge in [0.05, 0.1) is 11.9 Å². The first kappa shape index (κ1) is 22.9. The summed E-state index contributed by atoms with van der Waals surface area (Å²) in [6, 6.07) is 8.20. The zero-order valence-electron chi connectivity index (χ0n) is 18.9. The molecule has 1 aromatic carbocycles. The standard InChI is InChI=1S/C23H32ClN7O/c1-29(2)20-9-3-17(4-10-20)15-22(32)28-31-13-11-30(12-14-31)23-26-21(16-25-27-23)18-5-7-19(24)8-6-18/h5-8,16-17,20H,3-4,9-15H2,1-2H3,(H,28,32)/t17-,20-. The van der Waals surface area contributed by atoms with E-state index < -0.39 is 0 Å². The molecule has 9 heteroatoms. The van der Waals surface area contributed by atoms with Crippen LogP contribution in [0.2, 0.25) is 5.02 Å². The Morgan fingerprint density at radius 3 is 2.44 bits per heavy atom. The molecule has 2 aliphatic rings. The van der Waals surface area contributed by atoms with Crippen molar-refractivity contribution in [2.24, 2.45) is 5.92 Å². The second-order valence-electron chi connectivity index (χ2n) is 9.00. The van der Waals surface area contributed by atoms with Gasteiger partial charge in [-0.3, -0.25) is 10.2 Å². The largest absolute Gasteiger partial charge is 0.337 e. The fourth-order valence-electron chi connectivity index (χ4n) is 4.56. The van der Waals surface area contributed by atoms with E-state index in [0.717, 1.165) is 50.3 Å². The number of piperazine rings is 1. The third kappa shape index (κ3) is 5.94. The molecule has 32 heavy (non-hydrogen) atoms. The van der Waals surface area contributed by atoms with Crippen molar-refractivity contribution in [3.8, 4) is 11.3 Å². The predicted octanol–water partition coefficient (Wildman–Crippen LogP) is 2.86. The third-order valence-corrected chi connectivity index (χ3v) is 6.81. The van der Waals surface area contributed by atoms with Crippen molar-refractivity contribution in [2.75, 3.05) is 45.2 Å². The van der Waals surface area contributed by atoms with Crippen molar-refractivity contribution in [1.82, 2.24) is 30.5 Å². The summed E-state index contributed by atoms with van der Waals surface area (Å²) < 4.78 is 0. The Morgan fingerprint density at radius 2 is 1.78 bits per heavy atom. The number of carbonyl (C=O) groups is 1. The van der Waals surface area contributed by atoms with Crippen molar-refractivity contribution < 1.29 is 4.79 Å². The summed E-state index contributed by atoms with van der Waals surface area (Å²) in [5.41, 5.74) is 4.83. The lowest BCUT2D eigenvalue weighted by molar-refractivity contribution is -0.127. The van der Waals surface area contributed by atoms with E-state index in [1.54, 1.807) is 6.20 Å². The number of anilines is 1. The second kappa shape index (κ2) is 10.6. The summed E-state index contributed by atoms with van der Waals surface area (Å²) in [6.07, 6.45) is 6.93. The predicted molar refractivity (Wildman–Crippen MR) is 126 cm³/mol. The van der Waals surface area contributed by atoms with Crippen LogP contribution in [0.4, 0.5) is 5.95 Å². The van der Waals surface area contributed by atoms with Crippen LogP contribution < -0.4 is 10.3 Å². The molecule has 1 N–H and O–H groups in total. The molecule has 0 spiro atoms. The van der Waals surface area contributed by atoms with Gasteiger partial charge in [-0.05, 0) is 57.8 Å². The number of amides is 1. The molecule has 0 radical (unpaired) electrons. The average Bonchev–Trinajstić information content (AvgIpc) is 2.80. The van der Waals surface area contributed by atoms with E-state index in [-0.39, 0.29) is 5.91 Å². The first-order valence-electron chi connectivity index (χ1n) is 11.4. The molecule has 1 saturated heterocycles. The quantitative estimate of drug-likeness (QED) is 0.714. The maximum Gasteiger partial charge on any atom is 0.245 e. The van der Waals surface area contributed by atoms with Crippen LogP contribution in [0.25, 0.3) is 11.3 Å². The number of benzene rings is 1. The molecule has 2 aromatic rings. The molecular weight excluding hydrogens is 426 g/mol. The van der Waals surface area contributed by atoms with Crippen LogP contribution in [0.15, 0.2) is 30.5 Å². The maximum absolute atomic E-state index is 12.6. The van der Waals surface area contributed by atoms with E-state index in [0.29, 0.717) is 29.4 Å². The average molecular weight is 458 g/mol. The molecular formula is C23H32ClN7O. The van der Waals surface area contributed by atoms with Gasteiger partial charge < -0.3 is 9.80 Å². The van der Waals surface area contributed by atoms with Crippen LogP contribution in [0.1, 0.15) is 32.1 Å². The highest BCUT2D eigenvalue weighted by molar-refractivity contribution is 6.30. The summed E-state index contributed by atoms with van der Waals surface area (Å²) >= 11 is 5.98. The molecule has 1 aromatic heterocycles. The molecule has 4 rings (SSSR count). The van der Waals surface area contributed by atoms with Crippen LogP contribution in [0.3, 0.4) is 0 Å². The Bertz CT molecular complexity index is 891. The first-order valence-corrected chi connectivity index (χ1v) is 11.8. The van der Waals surface area contributed by atoms with Crippen molar-refractivity contribution in [2.45, 2.75) is 38.1 Å². The molecule has 172 valence electrons. The zero-order valence-corrected chi connectivity index (χ0v) is 19.6. The molecule has 2 heterocycles. The SMILES string of the molecule is CN(C)[C@H]1CC[C@H](CC(=O)NN2CCN(c3nncc(-c4ccc(Cl)cc4)n3)CC2)CC1. The smallest absolute Gasteiger partial charge is 0.245 e. The zero-order chi connectivity index (χ0) is 22.5. The van der Waals surface area contributed by atoms with Gasteiger partial charge in [0.1, 0.15) is 0 Å². The number of rotatable bonds is 6. The van der Waals surface area contributed by atoms with E-state index in [9.17, 15) is 4.79 Å². The highest BCUT2D eigenvalue weighted by atomic mass is 35.5. The Labute approximate surface area is 194 Å². The Balaban J connectivity index is 1.24. The summed E-state index contributed by atoms with van der Waals surface area (Å²) in [7, 11) is 4.29. The minimum absolute atomic E-state index is 0.134. The van der Waals surface area contributed by atoms with Gasteiger partial charge in [-0.1, -0.05) is 23.7 Å². The van der Waals surface area contributed by atoms with Gasteiger partial charge >= 0.3 is 0 Å². The minimum Gasteiger partial charge on any atom is -0.337 e. The van der Waals surface area contributed by atoms with Gasteiger partial charge in [0, 0.05) is 49.2 Å². The number of hydrogen-bond acceptors (Lipinski definition) is 7. The Kier molecular flexibility index (Phi) is 7.55. The molecule has 1 saturated carbocycles. The van der Waals surface area contributed by atoms with Gasteiger partial charge in [0.15, 0.2) is 0 Å². The Hall–Kier alpha value is -2.29. The van der Waals surface area contributed by atoms with Crippen LogP contribution in [0.5, 0.6) is 0 Å². The van der Waals surface area contributed by atoms with Gasteiger partial charge in [-0.25, -0.2) is 9.99 Å². The molecule has 0 unspecified atom stereocenters. The molecule has 0 atom stereocenters. The van der Waals surface area contributed by atoms with E-state index in [1.807, 2.05) is 29.3 Å². The summed E-state index contributed by atoms with van der Waals surface area (Å²) in [6.45, 7) is 2.93. The lowest BCUT2D eigenvalue weighted by Crippen LogP contribution is -2.54. The fraction of sp³-hybridized carbons (Fsp3) is 0.565. The third-order valence-electron chi connectivity index (χ3n) is 6.55. The lowest BCUT2D eigenvalue weighted by Gasteiger charge is -2.35. The lowest BCUT2D eigenvalue weighted by atomic mass is 9.83. The van der Waals surface area contributed by atoms with Gasteiger partial charge in [0.2, 0.25) is 11.9 Å². The molecule has 1 aliphatic carbocycles. The number of hydrazine groups is 1. The van der Waals surface area contributed by atoms with E-state index in [2.05, 4.69) is 44.5 Å². The van der Waals surface area contributed by atoms with E-state index in [4.69, 9.17) is 11.6 Å². The topological polar surface area (TPSA) is 77.5 Å². The second-order valence-corrected chi connectivity index (χ2v) is 9.44. The van der Waals surface area contributed by atoms with Crippen molar-refractivity contribution in [3.63, 3.8) is 0 Å². The summed E-state index contributed by atoms with van der Waals surface area (Å²) in [5.74, 6) is 1.25. The van der Waals surface area contributed by atoms with Crippen LogP contribution in [0, 0.1) is 5.92 Å². The number of aromatic nitrogens is 3. The number of carbonyl (C=O) groups excluding carboxylic acids is 1. The molecule has 1 aliphatic heterocycles. The molecule has 8 nitrogen and oxygen atoms in total. The first-order chi connectivity index (χ1) is 15.5. The van der Waals surface area contributed by atoms with E-state index in [1.165, 1.54) is 12.8 Å². The van der Waals surface area contributed by atoms with Crippen molar-refractivity contribution >= 4 is 23.5 Å². The van der Waals surface area contributed by atoms with Gasteiger partial charge in [-0.2, -0.15) is 5.10 Å². The summed E-state index contributed by atoms with van der Waals surface area (Å²) in [5, 5.41) is 11.1. The molecule has 2 fully saturated rings. The van der Waals surface area contributed by atoms with E-state index >= 15 is 0 Å². The Morgan fingerprint density at radius 1 is 1.09 bits per heavy atom. The number of halogens is 1. The highest BCUT2D eigenvalue weighted by Gasteiger charge is 2.26. The minimum atomic E-state index is 0.134. The van der Waals surface area contributed by atoms with Crippen LogP contribution in [-0.2, 0) is 4.79 Å². The van der Waals surface area contributed by atoms with Crippen LogP contribution >= 0.6 is 11.6 Å². The number of nitrogens with zero attached hydrogens (tertiary/aromatic N) is 6. The maximum atomic E-state index is 12.6. The highest BCUT2D eigenvalue weighted by Crippen LogP contribution is 2.28. The fourth-order valence-corrected chi connectivity index (χ4v) is 4.68. The monoisotopic (exact) mass is 457 g/mol. The number of hydrogen-bond donors (Lipinski definition) is 1. The van der Waals surface area contributed by atoms with Crippen molar-refractivity contribution in [1.29, 1.82) is 0 Å². The normalized spacial score (nSPS) is 22.2. The van der Waals surface area contributed by atoms with Crippen LogP contribution in [-0.4, -0.2) is 77.3 Å². The van der Waals surface area contributed by atoms with Gasteiger partial charge in [-0.15, -0.1) is 5.10 Å². The number of nitrogens with one attached hydrogen (secondary N) is 1.